The van der Waals surface area contributed by atoms with E-state index in [1.165, 1.54) is 0 Å². The molecule has 15 heavy (non-hydrogen) atoms. The third kappa shape index (κ3) is 4.59. The van der Waals surface area contributed by atoms with Crippen molar-refractivity contribution in [2.24, 2.45) is 0 Å². The molecule has 0 aromatic rings. The van der Waals surface area contributed by atoms with E-state index in [2.05, 4.69) is 10.6 Å². The number of nitrogens with one attached hydrogen (secondary N) is 2. The molecule has 0 aromatic carbocycles. The predicted molar refractivity (Wildman–Crippen MR) is 58.6 cm³/mol. The van der Waals surface area contributed by atoms with E-state index in [-0.39, 0.29) is 11.9 Å². The molecule has 1 aliphatic heterocycles. The molecule has 1 rings (SSSR count). The van der Waals surface area contributed by atoms with E-state index in [1.54, 1.807) is 0 Å². The van der Waals surface area contributed by atoms with Gasteiger partial charge >= 0.3 is 0 Å². The summed E-state index contributed by atoms with van der Waals surface area (Å²) in [6, 6.07) is -0.129. The summed E-state index contributed by atoms with van der Waals surface area (Å²) in [5.74, 6) is 0.0540. The molecule has 1 saturated heterocycles. The fraction of sp³-hybridized carbons (Fsp3) is 0.900. The third-order valence-electron chi connectivity index (χ3n) is 2.46. The highest BCUT2D eigenvalue weighted by atomic mass is 16.3. The van der Waals surface area contributed by atoms with Crippen LogP contribution >= 0.6 is 0 Å². The molecule has 5 nitrogen and oxygen atoms in total. The monoisotopic (exact) mass is 215 g/mol. The number of hydrogen-bond acceptors (Lipinski definition) is 4. The Morgan fingerprint density at radius 2 is 2.40 bits per heavy atom. The molecular formula is C10H21N3O2. The molecule has 1 heterocycles. The minimum Gasteiger partial charge on any atom is -0.390 e. The van der Waals surface area contributed by atoms with Crippen molar-refractivity contribution < 1.29 is 9.90 Å². The molecule has 3 N–H and O–H groups in total. The van der Waals surface area contributed by atoms with Crippen LogP contribution in [-0.4, -0.2) is 61.8 Å². The molecule has 0 bridgehead atoms. The van der Waals surface area contributed by atoms with Gasteiger partial charge in [0.05, 0.1) is 12.1 Å². The van der Waals surface area contributed by atoms with Gasteiger partial charge in [0.2, 0.25) is 5.91 Å². The number of carbonyl (C=O) groups excluding carboxylic acids is 1. The minimum absolute atomic E-state index is 0.0540. The van der Waals surface area contributed by atoms with Crippen molar-refractivity contribution in [2.75, 3.05) is 33.7 Å². The average molecular weight is 215 g/mol. The molecule has 88 valence electrons. The first kappa shape index (κ1) is 12.4. The van der Waals surface area contributed by atoms with Gasteiger partial charge in [0.15, 0.2) is 0 Å². The highest BCUT2D eigenvalue weighted by Gasteiger charge is 2.21. The zero-order valence-corrected chi connectivity index (χ0v) is 9.49. The van der Waals surface area contributed by atoms with Crippen LogP contribution in [0.1, 0.15) is 12.8 Å². The number of likely N-dealkylation sites (N-methyl/N-ethyl adjacent to an activating group) is 1. The molecule has 0 spiro atoms. The lowest BCUT2D eigenvalue weighted by molar-refractivity contribution is -0.124. The Hall–Kier alpha value is -0.650. The van der Waals surface area contributed by atoms with Gasteiger partial charge in [0.25, 0.3) is 0 Å². The van der Waals surface area contributed by atoms with E-state index < -0.39 is 6.10 Å². The second-order valence-electron chi connectivity index (χ2n) is 4.31. The Morgan fingerprint density at radius 1 is 1.67 bits per heavy atom. The van der Waals surface area contributed by atoms with Gasteiger partial charge in [-0.3, -0.25) is 4.79 Å². The Labute approximate surface area is 90.8 Å². The maximum atomic E-state index is 11.4. The number of carbonyl (C=O) groups is 1. The summed E-state index contributed by atoms with van der Waals surface area (Å²) in [7, 11) is 3.83. The van der Waals surface area contributed by atoms with Crippen LogP contribution < -0.4 is 10.6 Å². The Balaban J connectivity index is 2.20. The highest BCUT2D eigenvalue weighted by molar-refractivity contribution is 5.82. The summed E-state index contributed by atoms with van der Waals surface area (Å²) < 4.78 is 0. The highest BCUT2D eigenvalue weighted by Crippen LogP contribution is 2.02. The van der Waals surface area contributed by atoms with E-state index in [1.807, 2.05) is 19.0 Å². The maximum Gasteiger partial charge on any atom is 0.237 e. The first-order valence-electron chi connectivity index (χ1n) is 5.43. The fourth-order valence-corrected chi connectivity index (χ4v) is 1.73. The lowest BCUT2D eigenvalue weighted by Crippen LogP contribution is -2.50. The summed E-state index contributed by atoms with van der Waals surface area (Å²) in [5, 5.41) is 15.5. The van der Waals surface area contributed by atoms with Crippen LogP contribution in [0.25, 0.3) is 0 Å². The zero-order valence-electron chi connectivity index (χ0n) is 9.49. The van der Waals surface area contributed by atoms with Crippen LogP contribution in [0.2, 0.25) is 0 Å². The third-order valence-corrected chi connectivity index (χ3v) is 2.46. The van der Waals surface area contributed by atoms with Gasteiger partial charge in [-0.05, 0) is 26.9 Å². The fourth-order valence-electron chi connectivity index (χ4n) is 1.73. The van der Waals surface area contributed by atoms with Crippen molar-refractivity contribution in [2.45, 2.75) is 25.0 Å². The van der Waals surface area contributed by atoms with Crippen LogP contribution in [0.3, 0.4) is 0 Å². The first-order valence-corrected chi connectivity index (χ1v) is 5.43. The molecule has 2 unspecified atom stereocenters. The van der Waals surface area contributed by atoms with Crippen LogP contribution in [0, 0.1) is 0 Å². The van der Waals surface area contributed by atoms with E-state index in [9.17, 15) is 9.90 Å². The Bertz CT molecular complexity index is 209. The van der Waals surface area contributed by atoms with Gasteiger partial charge < -0.3 is 20.6 Å². The smallest absolute Gasteiger partial charge is 0.237 e. The van der Waals surface area contributed by atoms with Crippen molar-refractivity contribution in [3.63, 3.8) is 0 Å². The van der Waals surface area contributed by atoms with Crippen LogP contribution in [0.5, 0.6) is 0 Å². The van der Waals surface area contributed by atoms with E-state index in [4.69, 9.17) is 0 Å². The standard InChI is InChI=1S/C10H21N3O2/c1-13(2)7-8(14)6-12-9-4-3-5-11-10(9)15/h8-9,12,14H,3-7H2,1-2H3,(H,11,15). The second kappa shape index (κ2) is 6.05. The normalized spacial score (nSPS) is 24.0. The molecular weight excluding hydrogens is 194 g/mol. The second-order valence-corrected chi connectivity index (χ2v) is 4.31. The lowest BCUT2D eigenvalue weighted by Gasteiger charge is -2.24. The van der Waals surface area contributed by atoms with Gasteiger partial charge in [-0.2, -0.15) is 0 Å². The first-order chi connectivity index (χ1) is 7.09. The molecule has 5 heteroatoms. The van der Waals surface area contributed by atoms with Crippen molar-refractivity contribution in [3.05, 3.63) is 0 Å². The summed E-state index contributed by atoms with van der Waals surface area (Å²) in [6.07, 6.45) is 1.45. The Morgan fingerprint density at radius 3 is 3.00 bits per heavy atom. The van der Waals surface area contributed by atoms with Crippen LogP contribution in [-0.2, 0) is 4.79 Å². The van der Waals surface area contributed by atoms with Crippen LogP contribution in [0.4, 0.5) is 0 Å². The van der Waals surface area contributed by atoms with E-state index in [0.717, 1.165) is 19.4 Å². The largest absolute Gasteiger partial charge is 0.390 e. The van der Waals surface area contributed by atoms with Crippen molar-refractivity contribution in [1.29, 1.82) is 0 Å². The summed E-state index contributed by atoms with van der Waals surface area (Å²) in [6.45, 7) is 1.86. The number of nitrogens with zero attached hydrogens (tertiary/aromatic N) is 1. The average Bonchev–Trinajstić information content (AvgIpc) is 2.15. The van der Waals surface area contributed by atoms with E-state index in [0.29, 0.717) is 13.1 Å². The molecule has 2 atom stereocenters. The molecule has 0 aromatic heterocycles. The number of aliphatic hydroxyl groups excluding tert-OH is 1. The summed E-state index contributed by atoms with van der Waals surface area (Å²) in [4.78, 5) is 13.3. The number of amides is 1. The van der Waals surface area contributed by atoms with Crippen molar-refractivity contribution >= 4 is 5.91 Å². The van der Waals surface area contributed by atoms with Crippen molar-refractivity contribution in [1.82, 2.24) is 15.5 Å². The maximum absolute atomic E-state index is 11.4. The number of aliphatic hydroxyl groups is 1. The minimum atomic E-state index is -0.422. The van der Waals surface area contributed by atoms with Gasteiger partial charge in [0.1, 0.15) is 0 Å². The van der Waals surface area contributed by atoms with Gasteiger partial charge in [-0.15, -0.1) is 0 Å². The van der Waals surface area contributed by atoms with Gasteiger partial charge in [0, 0.05) is 19.6 Å². The Kier molecular flexibility index (Phi) is 5.01. The zero-order chi connectivity index (χ0) is 11.3. The number of rotatable bonds is 5. The SMILES string of the molecule is CN(C)CC(O)CNC1CCCNC1=O. The topological polar surface area (TPSA) is 64.6 Å². The molecule has 0 aliphatic carbocycles. The lowest BCUT2D eigenvalue weighted by atomic mass is 10.1. The van der Waals surface area contributed by atoms with E-state index >= 15 is 0 Å². The molecule has 1 amide bonds. The quantitative estimate of drug-likeness (QED) is 0.538. The number of piperidine rings is 1. The molecule has 0 radical (unpaired) electrons. The number of hydrogen-bond donors (Lipinski definition) is 3. The molecule has 1 fully saturated rings. The van der Waals surface area contributed by atoms with Crippen LogP contribution in [0.15, 0.2) is 0 Å². The summed E-state index contributed by atoms with van der Waals surface area (Å²) >= 11 is 0. The molecule has 1 aliphatic rings. The van der Waals surface area contributed by atoms with Gasteiger partial charge in [-0.1, -0.05) is 0 Å². The summed E-state index contributed by atoms with van der Waals surface area (Å²) in [5.41, 5.74) is 0. The van der Waals surface area contributed by atoms with Crippen molar-refractivity contribution in [3.8, 4) is 0 Å². The molecule has 0 saturated carbocycles. The van der Waals surface area contributed by atoms with Gasteiger partial charge in [-0.25, -0.2) is 0 Å². The predicted octanol–water partition coefficient (Wildman–Crippen LogP) is -1.22.